The molecular weight excluding hydrogens is 473 g/mol. The fourth-order valence-electron chi connectivity index (χ4n) is 3.94. The molecule has 1 atom stereocenters. The number of benzene rings is 2. The van der Waals surface area contributed by atoms with Gasteiger partial charge in [0.1, 0.15) is 11.6 Å². The van der Waals surface area contributed by atoms with Crippen molar-refractivity contribution in [3.63, 3.8) is 0 Å². The van der Waals surface area contributed by atoms with E-state index in [0.717, 1.165) is 0 Å². The van der Waals surface area contributed by atoms with Gasteiger partial charge >= 0.3 is 0 Å². The normalized spacial score (nSPS) is 19.4. The number of amides is 2. The van der Waals surface area contributed by atoms with E-state index in [1.807, 2.05) is 0 Å². The van der Waals surface area contributed by atoms with E-state index in [0.29, 0.717) is 35.5 Å². The molecule has 0 aromatic heterocycles. The molecule has 8 nitrogen and oxygen atoms in total. The van der Waals surface area contributed by atoms with Crippen molar-refractivity contribution in [1.82, 2.24) is 4.31 Å². The summed E-state index contributed by atoms with van der Waals surface area (Å²) >= 11 is 5.75. The predicted octanol–water partition coefficient (Wildman–Crippen LogP) is 3.55. The summed E-state index contributed by atoms with van der Waals surface area (Å²) < 4.78 is 46.8. The Morgan fingerprint density at radius 3 is 2.61 bits per heavy atom. The number of rotatable bonds is 4. The summed E-state index contributed by atoms with van der Waals surface area (Å²) in [6.45, 7) is 3.59. The lowest BCUT2D eigenvalue weighted by atomic mass is 9.97. The van der Waals surface area contributed by atoms with Crippen LogP contribution in [-0.2, 0) is 19.6 Å². The van der Waals surface area contributed by atoms with E-state index in [-0.39, 0.29) is 40.7 Å². The van der Waals surface area contributed by atoms with Gasteiger partial charge in [0.2, 0.25) is 15.9 Å². The van der Waals surface area contributed by atoms with Crippen LogP contribution < -0.4 is 15.4 Å². The van der Waals surface area contributed by atoms with E-state index in [4.69, 9.17) is 16.3 Å². The van der Waals surface area contributed by atoms with E-state index in [1.165, 1.54) is 28.6 Å². The van der Waals surface area contributed by atoms with Crippen LogP contribution in [0.25, 0.3) is 0 Å². The number of aryl methyl sites for hydroxylation is 1. The van der Waals surface area contributed by atoms with Gasteiger partial charge in [0.05, 0.1) is 15.6 Å². The molecular formula is C22H23ClFN3O5S. The zero-order valence-electron chi connectivity index (χ0n) is 18.0. The van der Waals surface area contributed by atoms with Gasteiger partial charge in [-0.2, -0.15) is 4.31 Å². The quantitative estimate of drug-likeness (QED) is 0.675. The van der Waals surface area contributed by atoms with Gasteiger partial charge in [0.25, 0.3) is 5.91 Å². The van der Waals surface area contributed by atoms with Crippen molar-refractivity contribution in [1.29, 1.82) is 0 Å². The molecule has 1 saturated heterocycles. The second-order valence-corrected chi connectivity index (χ2v) is 10.5. The number of anilines is 2. The first kappa shape index (κ1) is 23.5. The fraction of sp³-hybridized carbons (Fsp3) is 0.364. The average Bonchev–Trinajstić information content (AvgIpc) is 2.77. The van der Waals surface area contributed by atoms with Crippen molar-refractivity contribution in [2.75, 3.05) is 23.7 Å². The number of hydrogen-bond donors (Lipinski definition) is 2. The molecule has 2 aromatic rings. The van der Waals surface area contributed by atoms with Crippen LogP contribution in [0.3, 0.4) is 0 Å². The van der Waals surface area contributed by atoms with Crippen molar-refractivity contribution in [3.05, 3.63) is 46.7 Å². The van der Waals surface area contributed by atoms with Gasteiger partial charge in [0, 0.05) is 30.8 Å². The molecule has 2 aromatic carbocycles. The van der Waals surface area contributed by atoms with Crippen LogP contribution in [0.2, 0.25) is 5.02 Å². The Morgan fingerprint density at radius 1 is 1.24 bits per heavy atom. The van der Waals surface area contributed by atoms with E-state index in [9.17, 15) is 22.4 Å². The molecule has 33 heavy (non-hydrogen) atoms. The number of carbonyl (C=O) groups is 2. The molecule has 0 spiro atoms. The first-order valence-electron chi connectivity index (χ1n) is 10.4. The number of halogens is 2. The minimum atomic E-state index is -3.83. The standard InChI is InChI=1S/C22H23ClFN3O5S/c1-12-9-18-19(32-13(2)21(28)26-18)11-20(12)33(30,31)27-7-5-14(6-8-27)22(29)25-15-3-4-17(24)16(23)10-15/h3-4,9-11,13-14H,5-8H2,1-2H3,(H,25,29)(H,26,28). The third-order valence-corrected chi connectivity index (χ3v) is 8.17. The maximum Gasteiger partial charge on any atom is 0.265 e. The second kappa shape index (κ2) is 8.92. The maximum atomic E-state index is 13.3. The number of ether oxygens (including phenoxy) is 1. The summed E-state index contributed by atoms with van der Waals surface area (Å²) in [4.78, 5) is 24.5. The van der Waals surface area contributed by atoms with Crippen LogP contribution in [0.4, 0.5) is 15.8 Å². The number of carbonyl (C=O) groups excluding carboxylic acids is 2. The summed E-state index contributed by atoms with van der Waals surface area (Å²) in [5, 5.41) is 5.32. The monoisotopic (exact) mass is 495 g/mol. The first-order valence-corrected chi connectivity index (χ1v) is 12.3. The molecule has 176 valence electrons. The highest BCUT2D eigenvalue weighted by Gasteiger charge is 2.34. The molecule has 2 amide bonds. The maximum absolute atomic E-state index is 13.3. The third kappa shape index (κ3) is 4.68. The SMILES string of the molecule is Cc1cc2c(cc1S(=O)(=O)N1CCC(C(=O)Nc3ccc(F)c(Cl)c3)CC1)OC(C)C(=O)N2. The number of nitrogens with zero attached hydrogens (tertiary/aromatic N) is 1. The molecule has 1 fully saturated rings. The topological polar surface area (TPSA) is 105 Å². The van der Waals surface area contributed by atoms with Crippen LogP contribution in [-0.4, -0.2) is 43.7 Å². The van der Waals surface area contributed by atoms with Crippen LogP contribution in [0.1, 0.15) is 25.3 Å². The Bertz CT molecular complexity index is 1230. The van der Waals surface area contributed by atoms with Crippen molar-refractivity contribution in [2.24, 2.45) is 5.92 Å². The summed E-state index contributed by atoms with van der Waals surface area (Å²) in [6, 6.07) is 6.94. The van der Waals surface area contributed by atoms with Gasteiger partial charge in [-0.1, -0.05) is 11.6 Å². The molecule has 2 aliphatic heterocycles. The third-order valence-electron chi connectivity index (χ3n) is 5.84. The Hall–Kier alpha value is -2.69. The van der Waals surface area contributed by atoms with Gasteiger partial charge in [0.15, 0.2) is 6.10 Å². The molecule has 4 rings (SSSR count). The van der Waals surface area contributed by atoms with Gasteiger partial charge in [-0.3, -0.25) is 9.59 Å². The Kier molecular flexibility index (Phi) is 6.35. The summed E-state index contributed by atoms with van der Waals surface area (Å²) in [5.41, 5.74) is 1.30. The molecule has 0 bridgehead atoms. The van der Waals surface area contributed by atoms with E-state index in [2.05, 4.69) is 10.6 Å². The van der Waals surface area contributed by atoms with Crippen LogP contribution in [0.5, 0.6) is 5.75 Å². The molecule has 2 aliphatic rings. The lowest BCUT2D eigenvalue weighted by molar-refractivity contribution is -0.123. The number of sulfonamides is 1. The molecule has 0 saturated carbocycles. The highest BCUT2D eigenvalue weighted by Crippen LogP contribution is 2.36. The Balaban J connectivity index is 1.45. The summed E-state index contributed by atoms with van der Waals surface area (Å²) in [7, 11) is -3.83. The molecule has 0 radical (unpaired) electrons. The second-order valence-electron chi connectivity index (χ2n) is 8.16. The molecule has 2 N–H and O–H groups in total. The lowest BCUT2D eigenvalue weighted by Gasteiger charge is -2.31. The number of fused-ring (bicyclic) bond motifs is 1. The largest absolute Gasteiger partial charge is 0.479 e. The van der Waals surface area contributed by atoms with Crippen LogP contribution in [0.15, 0.2) is 35.2 Å². The highest BCUT2D eigenvalue weighted by atomic mass is 35.5. The lowest BCUT2D eigenvalue weighted by Crippen LogP contribution is -2.41. The van der Waals surface area contributed by atoms with Gasteiger partial charge in [-0.05, 0) is 56.5 Å². The number of hydrogen-bond acceptors (Lipinski definition) is 5. The van der Waals surface area contributed by atoms with Gasteiger partial charge in [-0.15, -0.1) is 0 Å². The molecule has 1 unspecified atom stereocenters. The van der Waals surface area contributed by atoms with Crippen molar-refractivity contribution < 1.29 is 27.1 Å². The molecule has 0 aliphatic carbocycles. The Morgan fingerprint density at radius 2 is 1.94 bits per heavy atom. The smallest absolute Gasteiger partial charge is 0.265 e. The molecule has 11 heteroatoms. The van der Waals surface area contributed by atoms with Crippen molar-refractivity contribution >= 4 is 44.8 Å². The van der Waals surface area contributed by atoms with Crippen LogP contribution in [0, 0.1) is 18.7 Å². The summed E-state index contributed by atoms with van der Waals surface area (Å²) in [6.07, 6.45) is -0.0396. The number of nitrogens with one attached hydrogen (secondary N) is 2. The van der Waals surface area contributed by atoms with E-state index < -0.39 is 21.9 Å². The first-order chi connectivity index (χ1) is 15.6. The zero-order valence-corrected chi connectivity index (χ0v) is 19.6. The Labute approximate surface area is 196 Å². The number of piperidine rings is 1. The van der Waals surface area contributed by atoms with Crippen molar-refractivity contribution in [3.8, 4) is 5.75 Å². The van der Waals surface area contributed by atoms with Crippen LogP contribution >= 0.6 is 11.6 Å². The van der Waals surface area contributed by atoms with Gasteiger partial charge < -0.3 is 15.4 Å². The fourth-order valence-corrected chi connectivity index (χ4v) is 5.81. The highest BCUT2D eigenvalue weighted by molar-refractivity contribution is 7.89. The van der Waals surface area contributed by atoms with E-state index >= 15 is 0 Å². The zero-order chi connectivity index (χ0) is 23.9. The van der Waals surface area contributed by atoms with Crippen molar-refractivity contribution in [2.45, 2.75) is 37.7 Å². The summed E-state index contributed by atoms with van der Waals surface area (Å²) in [5.74, 6) is -1.21. The predicted molar refractivity (Wildman–Crippen MR) is 121 cm³/mol. The van der Waals surface area contributed by atoms with E-state index in [1.54, 1.807) is 19.9 Å². The average molecular weight is 496 g/mol. The molecule has 2 heterocycles. The minimum absolute atomic E-state index is 0.0907. The minimum Gasteiger partial charge on any atom is -0.479 e. The van der Waals surface area contributed by atoms with Gasteiger partial charge in [-0.25, -0.2) is 12.8 Å².